The number of amides is 1. The summed E-state index contributed by atoms with van der Waals surface area (Å²) in [6, 6.07) is 7.81. The van der Waals surface area contributed by atoms with Gasteiger partial charge < -0.3 is 10.4 Å². The van der Waals surface area contributed by atoms with Crippen LogP contribution in [-0.2, 0) is 0 Å². The molecule has 0 bridgehead atoms. The number of phenolic OH excluding ortho intramolecular Hbond substituents is 1. The van der Waals surface area contributed by atoms with E-state index in [1.807, 2.05) is 0 Å². The van der Waals surface area contributed by atoms with Gasteiger partial charge in [-0.05, 0) is 24.3 Å². The molecular formula is C13H7Cl4NO2. The van der Waals surface area contributed by atoms with Crippen molar-refractivity contribution in [2.75, 3.05) is 5.32 Å². The molecule has 7 heteroatoms. The summed E-state index contributed by atoms with van der Waals surface area (Å²) >= 11 is 23.2. The fourth-order valence-corrected chi connectivity index (χ4v) is 2.31. The Morgan fingerprint density at radius 2 is 1.75 bits per heavy atom. The van der Waals surface area contributed by atoms with Crippen LogP contribution in [-0.4, -0.2) is 11.0 Å². The Kier molecular flexibility index (Phi) is 4.66. The van der Waals surface area contributed by atoms with Crippen molar-refractivity contribution in [3.05, 3.63) is 56.0 Å². The monoisotopic (exact) mass is 349 g/mol. The molecule has 1 amide bonds. The maximum absolute atomic E-state index is 12.1. The maximum Gasteiger partial charge on any atom is 0.259 e. The van der Waals surface area contributed by atoms with Crippen LogP contribution in [0, 0.1) is 0 Å². The molecule has 0 radical (unpaired) electrons. The average Bonchev–Trinajstić information content (AvgIpc) is 2.40. The summed E-state index contributed by atoms with van der Waals surface area (Å²) in [7, 11) is 0. The standard InChI is InChI=1S/C13H7Cl4NO2/c14-6-2-1-3-7(4-6)18-13(20)8-5-9(15)10(16)11(17)12(8)19/h1-5,19H,(H,18,20). The molecule has 0 aliphatic rings. The molecular weight excluding hydrogens is 344 g/mol. The second kappa shape index (κ2) is 6.10. The number of aromatic hydroxyl groups is 1. The van der Waals surface area contributed by atoms with Gasteiger partial charge in [-0.2, -0.15) is 0 Å². The van der Waals surface area contributed by atoms with E-state index >= 15 is 0 Å². The predicted molar refractivity (Wildman–Crippen MR) is 82.5 cm³/mol. The summed E-state index contributed by atoms with van der Waals surface area (Å²) in [6.45, 7) is 0. The summed E-state index contributed by atoms with van der Waals surface area (Å²) in [5, 5.41) is 12.8. The quantitative estimate of drug-likeness (QED) is 0.726. The van der Waals surface area contributed by atoms with E-state index in [4.69, 9.17) is 46.4 Å². The van der Waals surface area contributed by atoms with Crippen LogP contribution in [0.2, 0.25) is 20.1 Å². The van der Waals surface area contributed by atoms with Crippen LogP contribution >= 0.6 is 46.4 Å². The van der Waals surface area contributed by atoms with Gasteiger partial charge in [0.25, 0.3) is 5.91 Å². The number of halogens is 4. The highest BCUT2D eigenvalue weighted by Crippen LogP contribution is 2.39. The van der Waals surface area contributed by atoms with Gasteiger partial charge in [0.1, 0.15) is 10.8 Å². The zero-order valence-corrected chi connectivity index (χ0v) is 12.8. The van der Waals surface area contributed by atoms with Gasteiger partial charge in [-0.25, -0.2) is 0 Å². The van der Waals surface area contributed by atoms with Crippen molar-refractivity contribution in [2.45, 2.75) is 0 Å². The number of carbonyl (C=O) groups excluding carboxylic acids is 1. The van der Waals surface area contributed by atoms with Crippen LogP contribution < -0.4 is 5.32 Å². The smallest absolute Gasteiger partial charge is 0.259 e. The molecule has 3 nitrogen and oxygen atoms in total. The Balaban J connectivity index is 2.35. The van der Waals surface area contributed by atoms with Crippen molar-refractivity contribution in [2.24, 2.45) is 0 Å². The van der Waals surface area contributed by atoms with Crippen LogP contribution in [0.4, 0.5) is 5.69 Å². The summed E-state index contributed by atoms with van der Waals surface area (Å²) in [6.07, 6.45) is 0. The highest BCUT2D eigenvalue weighted by molar-refractivity contribution is 6.49. The topological polar surface area (TPSA) is 49.3 Å². The third kappa shape index (κ3) is 3.13. The molecule has 0 aromatic heterocycles. The molecule has 0 atom stereocenters. The zero-order chi connectivity index (χ0) is 14.9. The number of hydrogen-bond acceptors (Lipinski definition) is 2. The largest absolute Gasteiger partial charge is 0.505 e. The lowest BCUT2D eigenvalue weighted by Crippen LogP contribution is -2.12. The highest BCUT2D eigenvalue weighted by atomic mass is 35.5. The van der Waals surface area contributed by atoms with Crippen molar-refractivity contribution in [1.82, 2.24) is 0 Å². The lowest BCUT2D eigenvalue weighted by molar-refractivity contribution is 0.102. The van der Waals surface area contributed by atoms with E-state index in [0.717, 1.165) is 0 Å². The molecule has 0 aliphatic carbocycles. The number of rotatable bonds is 2. The van der Waals surface area contributed by atoms with E-state index in [1.165, 1.54) is 6.07 Å². The molecule has 0 saturated carbocycles. The molecule has 0 heterocycles. The second-order valence-corrected chi connectivity index (χ2v) is 5.45. The fraction of sp³-hybridized carbons (Fsp3) is 0. The summed E-state index contributed by atoms with van der Waals surface area (Å²) < 4.78 is 0. The predicted octanol–water partition coefficient (Wildman–Crippen LogP) is 5.26. The van der Waals surface area contributed by atoms with Gasteiger partial charge in [0, 0.05) is 10.7 Å². The molecule has 0 unspecified atom stereocenters. The second-order valence-electron chi connectivity index (χ2n) is 3.85. The lowest BCUT2D eigenvalue weighted by Gasteiger charge is -2.10. The Hall–Kier alpha value is -1.13. The minimum absolute atomic E-state index is 0.00913. The van der Waals surface area contributed by atoms with Gasteiger partial charge in [-0.1, -0.05) is 52.5 Å². The van der Waals surface area contributed by atoms with Crippen molar-refractivity contribution in [3.63, 3.8) is 0 Å². The molecule has 0 aliphatic heterocycles. The fourth-order valence-electron chi connectivity index (χ4n) is 1.52. The number of phenols is 1. The van der Waals surface area contributed by atoms with Crippen molar-refractivity contribution < 1.29 is 9.90 Å². The Morgan fingerprint density at radius 3 is 2.40 bits per heavy atom. The van der Waals surface area contributed by atoms with Crippen LogP contribution in [0.5, 0.6) is 5.75 Å². The first-order valence-electron chi connectivity index (χ1n) is 5.33. The van der Waals surface area contributed by atoms with Crippen LogP contribution in [0.1, 0.15) is 10.4 Å². The van der Waals surface area contributed by atoms with E-state index in [2.05, 4.69) is 5.32 Å². The molecule has 104 valence electrons. The van der Waals surface area contributed by atoms with Gasteiger partial charge in [0.05, 0.1) is 15.6 Å². The third-order valence-corrected chi connectivity index (χ3v) is 3.95. The molecule has 20 heavy (non-hydrogen) atoms. The molecule has 0 saturated heterocycles. The van der Waals surface area contributed by atoms with Crippen molar-refractivity contribution in [3.8, 4) is 5.75 Å². The number of anilines is 1. The number of hydrogen-bond donors (Lipinski definition) is 2. The van der Waals surface area contributed by atoms with E-state index < -0.39 is 11.7 Å². The van der Waals surface area contributed by atoms with Gasteiger partial charge in [-0.3, -0.25) is 4.79 Å². The first-order valence-corrected chi connectivity index (χ1v) is 6.84. The van der Waals surface area contributed by atoms with Gasteiger partial charge in [-0.15, -0.1) is 0 Å². The summed E-state index contributed by atoms with van der Waals surface area (Å²) in [5.74, 6) is -1.01. The van der Waals surface area contributed by atoms with Crippen molar-refractivity contribution in [1.29, 1.82) is 0 Å². The molecule has 2 aromatic carbocycles. The first-order chi connectivity index (χ1) is 9.40. The molecule has 0 fully saturated rings. The van der Waals surface area contributed by atoms with E-state index in [0.29, 0.717) is 10.7 Å². The Morgan fingerprint density at radius 1 is 1.05 bits per heavy atom. The molecule has 0 spiro atoms. The minimum Gasteiger partial charge on any atom is -0.505 e. The van der Waals surface area contributed by atoms with Crippen LogP contribution in [0.15, 0.2) is 30.3 Å². The molecule has 2 aromatic rings. The Labute approximate surface area is 135 Å². The van der Waals surface area contributed by atoms with Crippen LogP contribution in [0.25, 0.3) is 0 Å². The maximum atomic E-state index is 12.1. The average molecular weight is 351 g/mol. The highest BCUT2D eigenvalue weighted by Gasteiger charge is 2.19. The molecule has 2 rings (SSSR count). The van der Waals surface area contributed by atoms with Gasteiger partial charge in [0.15, 0.2) is 0 Å². The SMILES string of the molecule is O=C(Nc1cccc(Cl)c1)c1cc(Cl)c(Cl)c(Cl)c1O. The normalized spacial score (nSPS) is 10.4. The molecule has 2 N–H and O–H groups in total. The van der Waals surface area contributed by atoms with E-state index in [1.54, 1.807) is 24.3 Å². The number of carbonyl (C=O) groups is 1. The van der Waals surface area contributed by atoms with Crippen molar-refractivity contribution >= 4 is 58.0 Å². The Bertz CT molecular complexity index is 688. The number of benzene rings is 2. The van der Waals surface area contributed by atoms with Gasteiger partial charge >= 0.3 is 0 Å². The van der Waals surface area contributed by atoms with Gasteiger partial charge in [0.2, 0.25) is 0 Å². The number of nitrogens with one attached hydrogen (secondary N) is 1. The minimum atomic E-state index is -0.578. The zero-order valence-electron chi connectivity index (χ0n) is 9.75. The first kappa shape index (κ1) is 15.3. The summed E-state index contributed by atoms with van der Waals surface area (Å²) in [4.78, 5) is 12.1. The van der Waals surface area contributed by atoms with E-state index in [9.17, 15) is 9.90 Å². The van der Waals surface area contributed by atoms with E-state index in [-0.39, 0.29) is 20.6 Å². The summed E-state index contributed by atoms with van der Waals surface area (Å²) in [5.41, 5.74) is 0.397. The van der Waals surface area contributed by atoms with Crippen LogP contribution in [0.3, 0.4) is 0 Å². The lowest BCUT2D eigenvalue weighted by atomic mass is 10.1. The third-order valence-electron chi connectivity index (χ3n) is 2.46.